The molecule has 0 spiro atoms. The van der Waals surface area contributed by atoms with Crippen molar-refractivity contribution in [2.45, 2.75) is 18.9 Å². The Hall–Kier alpha value is -3.73. The molecule has 150 valence electrons. The predicted octanol–water partition coefficient (Wildman–Crippen LogP) is 5.38. The smallest absolute Gasteiger partial charge is 0.280 e. The first-order valence-corrected chi connectivity index (χ1v) is 9.93. The Bertz CT molecular complexity index is 1240. The number of aromatic nitrogens is 1. The maximum absolute atomic E-state index is 11.3. The Labute approximate surface area is 173 Å². The van der Waals surface area contributed by atoms with Crippen LogP contribution in [0.3, 0.4) is 0 Å². The third kappa shape index (κ3) is 3.39. The topological polar surface area (TPSA) is 64.5 Å². The largest absolute Gasteiger partial charge is 0.497 e. The van der Waals surface area contributed by atoms with Crippen molar-refractivity contribution < 1.29 is 14.0 Å². The summed E-state index contributed by atoms with van der Waals surface area (Å²) in [6.45, 7) is 0. The van der Waals surface area contributed by atoms with Crippen molar-refractivity contribution in [3.63, 3.8) is 0 Å². The van der Waals surface area contributed by atoms with Crippen LogP contribution in [-0.4, -0.2) is 12.3 Å². The molecule has 0 amide bonds. The van der Waals surface area contributed by atoms with Crippen LogP contribution in [0, 0.1) is 0 Å². The lowest BCUT2D eigenvalue weighted by Crippen LogP contribution is -2.03. The van der Waals surface area contributed by atoms with Gasteiger partial charge >= 0.3 is 0 Å². The van der Waals surface area contributed by atoms with Crippen LogP contribution < -0.4 is 15.0 Å². The maximum atomic E-state index is 11.3. The van der Waals surface area contributed by atoms with Gasteiger partial charge in [-0.15, -0.1) is 0 Å². The molecule has 0 aliphatic heterocycles. The molecule has 1 unspecified atom stereocenters. The fourth-order valence-corrected chi connectivity index (χ4v) is 4.09. The molecule has 0 saturated heterocycles. The van der Waals surface area contributed by atoms with Crippen molar-refractivity contribution >= 4 is 0 Å². The van der Waals surface area contributed by atoms with Gasteiger partial charge in [-0.2, -0.15) is 5.16 Å². The summed E-state index contributed by atoms with van der Waals surface area (Å²) in [5.74, 6) is 2.16. The number of hydrogen-bond acceptors (Lipinski definition) is 4. The highest BCUT2D eigenvalue weighted by Gasteiger charge is 2.26. The van der Waals surface area contributed by atoms with Gasteiger partial charge < -0.3 is 14.0 Å². The SMILES string of the molecule is COc1cccc(-c2cccc3c2CCC3Oc2ccc(-c3cc(=O)[nH]o3)cc2)c1. The minimum atomic E-state index is -0.250. The molecule has 1 aromatic heterocycles. The fraction of sp³-hybridized carbons (Fsp3) is 0.160. The van der Waals surface area contributed by atoms with Crippen molar-refractivity contribution in [3.05, 3.63) is 94.3 Å². The Morgan fingerprint density at radius 1 is 0.933 bits per heavy atom. The Kier molecular flexibility index (Phi) is 4.64. The summed E-state index contributed by atoms with van der Waals surface area (Å²) in [5, 5.41) is 2.31. The number of ether oxygens (including phenoxy) is 2. The maximum Gasteiger partial charge on any atom is 0.280 e. The normalized spacial score (nSPS) is 15.0. The van der Waals surface area contributed by atoms with Crippen LogP contribution in [0.5, 0.6) is 11.5 Å². The number of aromatic amines is 1. The van der Waals surface area contributed by atoms with Crippen LogP contribution in [0.1, 0.15) is 23.7 Å². The zero-order valence-electron chi connectivity index (χ0n) is 16.6. The van der Waals surface area contributed by atoms with E-state index in [4.69, 9.17) is 14.0 Å². The van der Waals surface area contributed by atoms with Crippen LogP contribution in [0.15, 0.2) is 82.1 Å². The third-order valence-corrected chi connectivity index (χ3v) is 5.54. The molecule has 1 heterocycles. The molecule has 30 heavy (non-hydrogen) atoms. The lowest BCUT2D eigenvalue weighted by molar-refractivity contribution is 0.207. The molecule has 5 heteroatoms. The second-order valence-corrected chi connectivity index (χ2v) is 7.35. The molecule has 1 aliphatic carbocycles. The first-order chi connectivity index (χ1) is 14.7. The molecule has 5 nitrogen and oxygen atoms in total. The van der Waals surface area contributed by atoms with Crippen molar-refractivity contribution in [2.75, 3.05) is 7.11 Å². The van der Waals surface area contributed by atoms with Gasteiger partial charge in [-0.25, -0.2) is 0 Å². The minimum Gasteiger partial charge on any atom is -0.497 e. The highest BCUT2D eigenvalue weighted by atomic mass is 16.5. The van der Waals surface area contributed by atoms with Crippen LogP contribution >= 0.6 is 0 Å². The molecule has 0 radical (unpaired) electrons. The number of nitrogens with one attached hydrogen (secondary N) is 1. The van der Waals surface area contributed by atoms with Crippen molar-refractivity contribution in [1.82, 2.24) is 5.16 Å². The molecular formula is C25H21NO4. The summed E-state index contributed by atoms with van der Waals surface area (Å²) >= 11 is 0. The predicted molar refractivity (Wildman–Crippen MR) is 115 cm³/mol. The summed E-state index contributed by atoms with van der Waals surface area (Å²) in [4.78, 5) is 11.3. The summed E-state index contributed by atoms with van der Waals surface area (Å²) < 4.78 is 16.9. The third-order valence-electron chi connectivity index (χ3n) is 5.54. The minimum absolute atomic E-state index is 0.0154. The number of methoxy groups -OCH3 is 1. The van der Waals surface area contributed by atoms with Gasteiger partial charge in [-0.3, -0.25) is 4.79 Å². The summed E-state index contributed by atoms with van der Waals surface area (Å²) in [6.07, 6.45) is 1.92. The van der Waals surface area contributed by atoms with Gasteiger partial charge in [-0.05, 0) is 71.5 Å². The van der Waals surface area contributed by atoms with E-state index in [0.717, 1.165) is 35.5 Å². The van der Waals surface area contributed by atoms with E-state index in [-0.39, 0.29) is 11.7 Å². The highest BCUT2D eigenvalue weighted by molar-refractivity contribution is 5.71. The monoisotopic (exact) mass is 399 g/mol. The van der Waals surface area contributed by atoms with E-state index >= 15 is 0 Å². The quantitative estimate of drug-likeness (QED) is 0.490. The number of fused-ring (bicyclic) bond motifs is 1. The molecule has 4 aromatic rings. The molecule has 1 atom stereocenters. The molecule has 5 rings (SSSR count). The molecule has 1 aliphatic rings. The second-order valence-electron chi connectivity index (χ2n) is 7.35. The van der Waals surface area contributed by atoms with Crippen LogP contribution in [-0.2, 0) is 6.42 Å². The molecule has 0 fully saturated rings. The fourth-order valence-electron chi connectivity index (χ4n) is 4.09. The first kappa shape index (κ1) is 18.3. The van der Waals surface area contributed by atoms with Crippen molar-refractivity contribution in [2.24, 2.45) is 0 Å². The Morgan fingerprint density at radius 3 is 2.53 bits per heavy atom. The highest BCUT2D eigenvalue weighted by Crippen LogP contribution is 2.40. The standard InChI is InChI=1S/C25H21NO4/c1-28-19-5-2-4-17(14-19)20-6-3-7-22-21(20)12-13-23(22)29-18-10-8-16(9-11-18)24-15-25(27)26-30-24/h2-11,14-15,23H,12-13H2,1H3,(H,26,27). The zero-order valence-corrected chi connectivity index (χ0v) is 16.6. The van der Waals surface area contributed by atoms with Gasteiger partial charge in [0.05, 0.1) is 13.2 Å². The van der Waals surface area contributed by atoms with E-state index in [9.17, 15) is 4.79 Å². The van der Waals surface area contributed by atoms with Crippen LogP contribution in [0.25, 0.3) is 22.5 Å². The van der Waals surface area contributed by atoms with Gasteiger partial charge in [0.15, 0.2) is 5.76 Å². The van der Waals surface area contributed by atoms with Crippen LogP contribution in [0.2, 0.25) is 0 Å². The van der Waals surface area contributed by atoms with E-state index in [1.165, 1.54) is 22.8 Å². The Balaban J connectivity index is 1.39. The van der Waals surface area contributed by atoms with E-state index < -0.39 is 0 Å². The summed E-state index contributed by atoms with van der Waals surface area (Å²) in [5.41, 5.74) is 5.53. The van der Waals surface area contributed by atoms with Gasteiger partial charge in [-0.1, -0.05) is 30.3 Å². The van der Waals surface area contributed by atoms with Gasteiger partial charge in [0.2, 0.25) is 0 Å². The van der Waals surface area contributed by atoms with Gasteiger partial charge in [0, 0.05) is 5.56 Å². The average Bonchev–Trinajstić information content (AvgIpc) is 3.41. The van der Waals surface area contributed by atoms with Crippen LogP contribution in [0.4, 0.5) is 0 Å². The first-order valence-electron chi connectivity index (χ1n) is 9.93. The lowest BCUT2D eigenvalue weighted by Gasteiger charge is -2.16. The van der Waals surface area contributed by atoms with Crippen molar-refractivity contribution in [3.8, 4) is 33.9 Å². The number of hydrogen-bond donors (Lipinski definition) is 1. The van der Waals surface area contributed by atoms with E-state index in [0.29, 0.717) is 5.76 Å². The molecular weight excluding hydrogens is 378 g/mol. The summed E-state index contributed by atoms with van der Waals surface area (Å²) in [7, 11) is 1.69. The van der Waals surface area contributed by atoms with E-state index in [2.05, 4.69) is 35.5 Å². The number of rotatable bonds is 5. The second kappa shape index (κ2) is 7.59. The van der Waals surface area contributed by atoms with Crippen molar-refractivity contribution in [1.29, 1.82) is 0 Å². The Morgan fingerprint density at radius 2 is 1.77 bits per heavy atom. The number of benzene rings is 3. The lowest BCUT2D eigenvalue weighted by atomic mass is 9.96. The molecule has 0 bridgehead atoms. The van der Waals surface area contributed by atoms with Gasteiger partial charge in [0.25, 0.3) is 5.56 Å². The van der Waals surface area contributed by atoms with Gasteiger partial charge in [0.1, 0.15) is 17.6 Å². The molecule has 1 N–H and O–H groups in total. The van der Waals surface area contributed by atoms with E-state index in [1.54, 1.807) is 7.11 Å². The van der Waals surface area contributed by atoms with E-state index in [1.807, 2.05) is 36.4 Å². The zero-order chi connectivity index (χ0) is 20.5. The molecule has 3 aromatic carbocycles. The number of H-pyrrole nitrogens is 1. The summed E-state index contributed by atoms with van der Waals surface area (Å²) in [6, 6.07) is 23.6. The average molecular weight is 399 g/mol. The molecule has 0 saturated carbocycles.